The van der Waals surface area contributed by atoms with E-state index in [1.165, 1.54) is 12.4 Å². The highest BCUT2D eigenvalue weighted by Crippen LogP contribution is 2.12. The van der Waals surface area contributed by atoms with Gasteiger partial charge in [-0.15, -0.1) is 0 Å². The van der Waals surface area contributed by atoms with Gasteiger partial charge in [0.15, 0.2) is 0 Å². The summed E-state index contributed by atoms with van der Waals surface area (Å²) in [6.07, 6.45) is 3.97. The molecular formula is C10H9N5O2. The molecule has 0 spiro atoms. The third kappa shape index (κ3) is 2.83. The van der Waals surface area contributed by atoms with Gasteiger partial charge in [-0.25, -0.2) is 4.98 Å². The molecule has 2 aromatic heterocycles. The molecular weight excluding hydrogens is 222 g/mol. The van der Waals surface area contributed by atoms with E-state index in [-0.39, 0.29) is 18.7 Å². The second-order valence-electron chi connectivity index (χ2n) is 3.32. The zero-order valence-corrected chi connectivity index (χ0v) is 8.82. The van der Waals surface area contributed by atoms with Crippen molar-refractivity contribution >= 4 is 0 Å². The van der Waals surface area contributed by atoms with Gasteiger partial charge in [-0.1, -0.05) is 5.16 Å². The lowest BCUT2D eigenvalue weighted by atomic mass is 10.2. The molecule has 1 atom stereocenters. The summed E-state index contributed by atoms with van der Waals surface area (Å²) in [6, 6.07) is 1.86. The van der Waals surface area contributed by atoms with E-state index in [9.17, 15) is 5.11 Å². The first-order chi connectivity index (χ1) is 8.29. The molecule has 0 saturated carbocycles. The molecule has 1 unspecified atom stereocenters. The molecule has 0 amide bonds. The molecule has 7 nitrogen and oxygen atoms in total. The van der Waals surface area contributed by atoms with Crippen molar-refractivity contribution in [1.29, 1.82) is 5.26 Å². The summed E-state index contributed by atoms with van der Waals surface area (Å²) in [6.45, 7) is 0. The van der Waals surface area contributed by atoms with Crippen LogP contribution in [0.1, 0.15) is 12.3 Å². The van der Waals surface area contributed by atoms with Crippen LogP contribution in [0.5, 0.6) is 0 Å². The van der Waals surface area contributed by atoms with Crippen molar-refractivity contribution in [2.24, 2.45) is 0 Å². The topological polar surface area (TPSA) is 109 Å². The third-order valence-electron chi connectivity index (χ3n) is 2.00. The Labute approximate surface area is 96.8 Å². The third-order valence-corrected chi connectivity index (χ3v) is 2.00. The molecule has 0 bridgehead atoms. The average Bonchev–Trinajstić information content (AvgIpc) is 2.79. The number of rotatable bonds is 4. The van der Waals surface area contributed by atoms with Gasteiger partial charge in [-0.2, -0.15) is 10.2 Å². The van der Waals surface area contributed by atoms with Crippen LogP contribution in [0.2, 0.25) is 0 Å². The van der Waals surface area contributed by atoms with Gasteiger partial charge in [0.05, 0.1) is 31.2 Å². The van der Waals surface area contributed by atoms with Crippen LogP contribution >= 0.6 is 0 Å². The predicted octanol–water partition coefficient (Wildman–Crippen LogP) is 0.344. The van der Waals surface area contributed by atoms with Crippen LogP contribution in [0.25, 0.3) is 11.5 Å². The lowest BCUT2D eigenvalue weighted by molar-refractivity contribution is 0.167. The van der Waals surface area contributed by atoms with E-state index in [0.29, 0.717) is 11.5 Å². The van der Waals surface area contributed by atoms with Gasteiger partial charge in [-0.3, -0.25) is 4.98 Å². The maximum absolute atomic E-state index is 9.40. The first-order valence-corrected chi connectivity index (χ1v) is 4.93. The molecule has 17 heavy (non-hydrogen) atoms. The number of hydrogen-bond donors (Lipinski definition) is 1. The number of aliphatic hydroxyl groups excluding tert-OH is 1. The smallest absolute Gasteiger partial charge is 0.229 e. The van der Waals surface area contributed by atoms with E-state index in [4.69, 9.17) is 9.78 Å². The van der Waals surface area contributed by atoms with Crippen LogP contribution in [-0.2, 0) is 6.42 Å². The van der Waals surface area contributed by atoms with Crippen LogP contribution < -0.4 is 0 Å². The summed E-state index contributed by atoms with van der Waals surface area (Å²) >= 11 is 0. The lowest BCUT2D eigenvalue weighted by Crippen LogP contribution is -2.09. The fourth-order valence-electron chi connectivity index (χ4n) is 1.24. The zero-order chi connectivity index (χ0) is 12.1. The highest BCUT2D eigenvalue weighted by atomic mass is 16.5. The number of nitrogens with zero attached hydrogens (tertiary/aromatic N) is 5. The standard InChI is InChI=1S/C10H9N5O2/c11-2-1-7(16)5-9-14-10(15-17-9)8-6-12-3-4-13-8/h3-4,6-7,16H,1,5H2. The van der Waals surface area contributed by atoms with Crippen LogP contribution in [-0.4, -0.2) is 31.3 Å². The van der Waals surface area contributed by atoms with Crippen LogP contribution in [0.4, 0.5) is 0 Å². The summed E-state index contributed by atoms with van der Waals surface area (Å²) < 4.78 is 4.94. The fraction of sp³-hybridized carbons (Fsp3) is 0.300. The molecule has 0 aliphatic carbocycles. The van der Waals surface area contributed by atoms with Gasteiger partial charge in [0.1, 0.15) is 5.69 Å². The van der Waals surface area contributed by atoms with Crippen molar-refractivity contribution in [2.45, 2.75) is 18.9 Å². The van der Waals surface area contributed by atoms with Crippen molar-refractivity contribution in [3.8, 4) is 17.6 Å². The molecule has 2 heterocycles. The zero-order valence-electron chi connectivity index (χ0n) is 8.82. The first kappa shape index (κ1) is 11.2. The van der Waals surface area contributed by atoms with E-state index in [1.807, 2.05) is 6.07 Å². The Morgan fingerprint density at radius 3 is 3.06 bits per heavy atom. The summed E-state index contributed by atoms with van der Waals surface area (Å²) in [5.74, 6) is 0.589. The van der Waals surface area contributed by atoms with Crippen LogP contribution in [0.3, 0.4) is 0 Å². The predicted molar refractivity (Wildman–Crippen MR) is 55.3 cm³/mol. The largest absolute Gasteiger partial charge is 0.392 e. The minimum atomic E-state index is -0.796. The highest BCUT2D eigenvalue weighted by molar-refractivity contribution is 5.45. The quantitative estimate of drug-likeness (QED) is 0.808. The molecule has 2 aromatic rings. The van der Waals surface area contributed by atoms with Crippen LogP contribution in [0, 0.1) is 11.3 Å². The summed E-state index contributed by atoms with van der Waals surface area (Å²) in [4.78, 5) is 12.0. The van der Waals surface area contributed by atoms with Gasteiger partial charge in [0, 0.05) is 12.4 Å². The number of aliphatic hydroxyl groups is 1. The summed E-state index contributed by atoms with van der Waals surface area (Å²) in [5, 5.41) is 21.5. The lowest BCUT2D eigenvalue weighted by Gasteiger charge is -1.99. The number of nitriles is 1. The molecule has 0 aromatic carbocycles. The van der Waals surface area contributed by atoms with Crippen molar-refractivity contribution in [3.63, 3.8) is 0 Å². The van der Waals surface area contributed by atoms with Gasteiger partial charge in [0.2, 0.25) is 11.7 Å². The minimum Gasteiger partial charge on any atom is -0.392 e. The molecule has 0 aliphatic heterocycles. The Hall–Kier alpha value is -2.33. The average molecular weight is 231 g/mol. The van der Waals surface area contributed by atoms with E-state index in [2.05, 4.69) is 20.1 Å². The second-order valence-corrected chi connectivity index (χ2v) is 3.32. The summed E-state index contributed by atoms with van der Waals surface area (Å²) in [5.41, 5.74) is 0.497. The van der Waals surface area contributed by atoms with Crippen LogP contribution in [0.15, 0.2) is 23.1 Å². The number of aromatic nitrogens is 4. The molecule has 2 rings (SSSR count). The maximum atomic E-state index is 9.40. The minimum absolute atomic E-state index is 0.0306. The SMILES string of the molecule is N#CCC(O)Cc1nc(-c2cnccn2)no1. The van der Waals surface area contributed by atoms with Gasteiger partial charge in [-0.05, 0) is 0 Å². The monoisotopic (exact) mass is 231 g/mol. The molecule has 0 fully saturated rings. The Morgan fingerprint density at radius 2 is 2.35 bits per heavy atom. The molecule has 0 saturated heterocycles. The van der Waals surface area contributed by atoms with E-state index in [0.717, 1.165) is 0 Å². The Bertz CT molecular complexity index is 519. The van der Waals surface area contributed by atoms with Gasteiger partial charge < -0.3 is 9.63 Å². The molecule has 1 N–H and O–H groups in total. The van der Waals surface area contributed by atoms with Crippen molar-refractivity contribution in [3.05, 3.63) is 24.5 Å². The van der Waals surface area contributed by atoms with Crippen molar-refractivity contribution in [1.82, 2.24) is 20.1 Å². The second kappa shape index (κ2) is 5.14. The van der Waals surface area contributed by atoms with E-state index < -0.39 is 6.10 Å². The Balaban J connectivity index is 2.09. The molecule has 0 radical (unpaired) electrons. The van der Waals surface area contributed by atoms with Crippen molar-refractivity contribution < 1.29 is 9.63 Å². The first-order valence-electron chi connectivity index (χ1n) is 4.93. The Kier molecular flexibility index (Phi) is 3.37. The maximum Gasteiger partial charge on any atom is 0.229 e. The normalized spacial score (nSPS) is 12.0. The van der Waals surface area contributed by atoms with E-state index >= 15 is 0 Å². The summed E-state index contributed by atoms with van der Waals surface area (Å²) in [7, 11) is 0. The van der Waals surface area contributed by atoms with Gasteiger partial charge in [0.25, 0.3) is 0 Å². The fourth-order valence-corrected chi connectivity index (χ4v) is 1.24. The highest BCUT2D eigenvalue weighted by Gasteiger charge is 2.13. The van der Waals surface area contributed by atoms with Gasteiger partial charge >= 0.3 is 0 Å². The molecule has 7 heteroatoms. The Morgan fingerprint density at radius 1 is 1.47 bits per heavy atom. The van der Waals surface area contributed by atoms with E-state index in [1.54, 1.807) is 6.20 Å². The molecule has 86 valence electrons. The van der Waals surface area contributed by atoms with Crippen molar-refractivity contribution in [2.75, 3.05) is 0 Å². The number of hydrogen-bond acceptors (Lipinski definition) is 7. The molecule has 0 aliphatic rings.